The predicted octanol–water partition coefficient (Wildman–Crippen LogP) is -2.09. The summed E-state index contributed by atoms with van der Waals surface area (Å²) in [6.07, 6.45) is 0. The van der Waals surface area contributed by atoms with Gasteiger partial charge < -0.3 is 41.8 Å². The number of hydrogen-bond acceptors (Lipinski definition) is 10. The zero-order chi connectivity index (χ0) is 23.3. The maximum Gasteiger partial charge on any atom is 0.306 e. The third kappa shape index (κ3) is 18.2. The van der Waals surface area contributed by atoms with Crippen LogP contribution in [0.15, 0.2) is 0 Å². The van der Waals surface area contributed by atoms with Gasteiger partial charge in [0, 0.05) is 0 Å². The van der Waals surface area contributed by atoms with Crippen LogP contribution in [0.4, 0.5) is 0 Å². The highest BCUT2D eigenvalue weighted by Gasteiger charge is 2.24. The van der Waals surface area contributed by atoms with E-state index in [1.807, 2.05) is 52.4 Å². The molecule has 20 heteroatoms. The van der Waals surface area contributed by atoms with E-state index in [9.17, 15) is 4.80 Å². The van der Waals surface area contributed by atoms with Crippen molar-refractivity contribution in [3.05, 3.63) is 0 Å². The lowest BCUT2D eigenvalue weighted by atomic mass is 11.9. The lowest BCUT2D eigenvalue weighted by Crippen LogP contribution is -2.42. The molecule has 0 aromatic carbocycles. The van der Waals surface area contributed by atoms with Gasteiger partial charge in [-0.05, 0) is 58.9 Å². The zero-order valence-corrected chi connectivity index (χ0v) is 31.8. The van der Waals surface area contributed by atoms with Crippen molar-refractivity contribution in [3.8, 4) is 0 Å². The summed E-state index contributed by atoms with van der Waals surface area (Å²) in [5, 5.41) is 0. The van der Waals surface area contributed by atoms with Crippen LogP contribution in [0.3, 0.4) is 0 Å². The predicted molar refractivity (Wildman–Crippen MR) is 144 cm³/mol. The van der Waals surface area contributed by atoms with Crippen LogP contribution in [-0.2, 0) is 37.0 Å². The van der Waals surface area contributed by atoms with Crippen LogP contribution in [-0.4, -0.2) is 98.1 Å². The molecule has 9 unspecified atom stereocenters. The Hall–Kier alpha value is 1.77. The number of hydrogen-bond donors (Lipinski definition) is 1. The minimum atomic E-state index is -2.05. The molecule has 0 rings (SSSR count). The lowest BCUT2D eigenvalue weighted by Gasteiger charge is -2.26. The molecule has 0 saturated heterocycles. The van der Waals surface area contributed by atoms with Gasteiger partial charge in [0.05, 0.1) is 0 Å². The monoisotopic (exact) mass is 602 g/mol. The van der Waals surface area contributed by atoms with Gasteiger partial charge in [0.25, 0.3) is 74.3 Å². The average molecular weight is 603 g/mol. The Morgan fingerprint density at radius 1 is 0.433 bits per heavy atom. The van der Waals surface area contributed by atoms with Gasteiger partial charge in [-0.15, -0.1) is 0 Å². The van der Waals surface area contributed by atoms with Crippen molar-refractivity contribution in [2.75, 3.05) is 0 Å². The molecular weight excluding hydrogens is 561 g/mol. The first-order valence-electron chi connectivity index (χ1n) is 10.5. The second kappa shape index (κ2) is 18.1. The van der Waals surface area contributed by atoms with Crippen molar-refractivity contribution >= 4 is 93.3 Å². The summed E-state index contributed by atoms with van der Waals surface area (Å²) in [5.41, 5.74) is 0. The Morgan fingerprint density at radius 2 is 0.667 bits per heavy atom. The van der Waals surface area contributed by atoms with Crippen LogP contribution in [0.1, 0.15) is 0 Å². The van der Waals surface area contributed by atoms with E-state index in [4.69, 9.17) is 37.0 Å². The second-order valence-electron chi connectivity index (χ2n) is 6.68. The molecule has 0 aliphatic heterocycles. The molecule has 182 valence electrons. The van der Waals surface area contributed by atoms with E-state index in [-0.39, 0.29) is 0 Å². The summed E-state index contributed by atoms with van der Waals surface area (Å²) < 4.78 is 52.9. The van der Waals surface area contributed by atoms with E-state index >= 15 is 0 Å². The zero-order valence-electron chi connectivity index (χ0n) is 20.0. The van der Waals surface area contributed by atoms with Gasteiger partial charge in [-0.25, -0.2) is 0 Å². The molecular formula is C10H42O10Si10. The molecule has 30 heavy (non-hydrogen) atoms. The molecule has 0 spiro atoms. The van der Waals surface area contributed by atoms with Crippen molar-refractivity contribution in [1.82, 2.24) is 0 Å². The molecule has 0 fully saturated rings. The lowest BCUT2D eigenvalue weighted by molar-refractivity contribution is 0.310. The summed E-state index contributed by atoms with van der Waals surface area (Å²) in [7, 11) is -16.6. The third-order valence-corrected chi connectivity index (χ3v) is 31.3. The second-order valence-corrected chi connectivity index (χ2v) is 27.6. The van der Waals surface area contributed by atoms with Crippen LogP contribution >= 0.6 is 0 Å². The van der Waals surface area contributed by atoms with Gasteiger partial charge in [0.15, 0.2) is 0 Å². The maximum atomic E-state index is 9.39. The highest BCUT2D eigenvalue weighted by Crippen LogP contribution is 2.05. The van der Waals surface area contributed by atoms with E-state index in [2.05, 4.69) is 6.55 Å². The molecule has 0 radical (unpaired) electrons. The maximum absolute atomic E-state index is 9.39. The van der Waals surface area contributed by atoms with E-state index in [0.29, 0.717) is 0 Å². The molecule has 0 aromatic heterocycles. The highest BCUT2D eigenvalue weighted by atomic mass is 28.5. The molecule has 1 N–H and O–H groups in total. The van der Waals surface area contributed by atoms with Gasteiger partial charge >= 0.3 is 9.28 Å². The molecule has 0 heterocycles. The fourth-order valence-electron chi connectivity index (χ4n) is 2.66. The van der Waals surface area contributed by atoms with Crippen LogP contribution < -0.4 is 0 Å². The van der Waals surface area contributed by atoms with E-state index in [1.54, 1.807) is 6.55 Å². The Balaban J connectivity index is 4.14. The van der Waals surface area contributed by atoms with Gasteiger partial charge in [-0.3, -0.25) is 0 Å². The van der Waals surface area contributed by atoms with Crippen molar-refractivity contribution < 1.29 is 41.8 Å². The van der Waals surface area contributed by atoms with E-state index in [0.717, 1.165) is 0 Å². The number of rotatable bonds is 18. The molecule has 0 aliphatic carbocycles. The van der Waals surface area contributed by atoms with Gasteiger partial charge in [-0.2, -0.15) is 0 Å². The summed E-state index contributed by atoms with van der Waals surface area (Å²) in [6, 6.07) is 0. The largest absolute Gasteiger partial charge is 0.444 e. The van der Waals surface area contributed by atoms with Crippen molar-refractivity contribution in [2.45, 2.75) is 65.5 Å². The summed E-state index contributed by atoms with van der Waals surface area (Å²) in [4.78, 5) is 9.39. The topological polar surface area (TPSA) is 103 Å². The van der Waals surface area contributed by atoms with Gasteiger partial charge in [0.2, 0.25) is 0 Å². The SMILES string of the molecule is C[SiH2]O[SiH](C)O[SiH](C)O[SiH](C)O[SiH](C)O[SiH](C)O[SiH](C)O[SiH](C)O[SiH](C)O[SiH](C)O. The Labute approximate surface area is 200 Å². The summed E-state index contributed by atoms with van der Waals surface area (Å²) in [6.45, 7) is 19.8. The molecule has 0 aliphatic rings. The molecule has 10 nitrogen and oxygen atoms in total. The Kier molecular flexibility index (Phi) is 19.2. The molecule has 9 atom stereocenters. The standard InChI is InChI=1S/C10H42O10Si10/c1-21-12-23(3)14-25(5)16-27(7)18-29(9)20-30(10)19-28(8)17-26(6)15-24(4)13-22(2)11/h11,22-30H,21H2,1-10H3. The first-order valence-corrected chi connectivity index (χ1v) is 31.4. The first-order chi connectivity index (χ1) is 13.9. The molecule has 0 amide bonds. The Bertz CT molecular complexity index is 431. The van der Waals surface area contributed by atoms with Crippen LogP contribution in [0, 0.1) is 0 Å². The summed E-state index contributed by atoms with van der Waals surface area (Å²) >= 11 is 0. The minimum absolute atomic E-state index is 0.426. The van der Waals surface area contributed by atoms with Crippen molar-refractivity contribution in [3.63, 3.8) is 0 Å². The normalized spacial score (nSPS) is 21.7. The van der Waals surface area contributed by atoms with Crippen molar-refractivity contribution in [1.29, 1.82) is 0 Å². The summed E-state index contributed by atoms with van der Waals surface area (Å²) in [5.74, 6) is 0. The van der Waals surface area contributed by atoms with Crippen LogP contribution in [0.2, 0.25) is 65.5 Å². The Morgan fingerprint density at radius 3 is 0.900 bits per heavy atom. The van der Waals surface area contributed by atoms with Gasteiger partial charge in [0.1, 0.15) is 9.76 Å². The fourth-order valence-corrected chi connectivity index (χ4v) is 28.7. The third-order valence-electron chi connectivity index (χ3n) is 3.47. The highest BCUT2D eigenvalue weighted by molar-refractivity contribution is 6.72. The van der Waals surface area contributed by atoms with Crippen LogP contribution in [0.25, 0.3) is 0 Å². The quantitative estimate of drug-likeness (QED) is 0.176. The fraction of sp³-hybridized carbons (Fsp3) is 1.00. The molecule has 0 saturated carbocycles. The molecule has 0 aromatic rings. The molecule has 0 bridgehead atoms. The first kappa shape index (κ1) is 31.8. The minimum Gasteiger partial charge on any atom is -0.444 e. The van der Waals surface area contributed by atoms with Crippen LogP contribution in [0.5, 0.6) is 0 Å². The van der Waals surface area contributed by atoms with E-state index in [1.165, 1.54) is 0 Å². The average Bonchev–Trinajstić information content (AvgIpc) is 2.52. The van der Waals surface area contributed by atoms with Crippen molar-refractivity contribution in [2.24, 2.45) is 0 Å². The smallest absolute Gasteiger partial charge is 0.306 e. The van der Waals surface area contributed by atoms with Gasteiger partial charge in [-0.1, -0.05) is 6.55 Å². The van der Waals surface area contributed by atoms with E-state index < -0.39 is 93.3 Å².